The summed E-state index contributed by atoms with van der Waals surface area (Å²) in [7, 11) is 0. The molecule has 3 atom stereocenters. The minimum atomic E-state index is -2.92. The number of carbonyl (C=O) groups is 3. The van der Waals surface area contributed by atoms with Crippen LogP contribution in [0.25, 0.3) is 0 Å². The average Bonchev–Trinajstić information content (AvgIpc) is 3.48. The van der Waals surface area contributed by atoms with E-state index in [9.17, 15) is 27.6 Å². The standard InChI is InChI=1S/C28H25ClF3N5O3/c29-21-8-2-1-7-20(21)24(25(39)35-18-11-12-28(31,32)16-18)36(19-6-3-5-17(30)15-19)26(40)22-9-10-23(38)37(22)27-33-13-4-14-34-27/h1-8,13-15,18,22,24H,9-12,16H2,(H,35,39)/t18-,22-,24?/m0/s1. The highest BCUT2D eigenvalue weighted by Crippen LogP contribution is 2.38. The fourth-order valence-corrected chi connectivity index (χ4v) is 5.46. The molecule has 8 nitrogen and oxygen atoms in total. The minimum Gasteiger partial charge on any atom is -0.351 e. The van der Waals surface area contributed by atoms with E-state index >= 15 is 0 Å². The van der Waals surface area contributed by atoms with Crippen molar-refractivity contribution in [3.05, 3.63) is 83.4 Å². The third-order valence-electron chi connectivity index (χ3n) is 7.04. The lowest BCUT2D eigenvalue weighted by atomic mass is 10.0. The summed E-state index contributed by atoms with van der Waals surface area (Å²) < 4.78 is 42.4. The normalized spacial score (nSPS) is 20.8. The highest BCUT2D eigenvalue weighted by Gasteiger charge is 2.46. The van der Waals surface area contributed by atoms with Crippen LogP contribution in [-0.2, 0) is 14.4 Å². The number of carbonyl (C=O) groups excluding carboxylic acids is 3. The van der Waals surface area contributed by atoms with E-state index < -0.39 is 54.0 Å². The average molecular weight is 572 g/mol. The minimum absolute atomic E-state index is 0.00877. The molecule has 2 fully saturated rings. The second-order valence-corrected chi connectivity index (χ2v) is 10.2. The number of aromatic nitrogens is 2. The van der Waals surface area contributed by atoms with Crippen molar-refractivity contribution in [2.45, 2.75) is 56.2 Å². The molecule has 1 N–H and O–H groups in total. The third kappa shape index (κ3) is 5.65. The quantitative estimate of drug-likeness (QED) is 0.438. The lowest BCUT2D eigenvalue weighted by Crippen LogP contribution is -2.53. The molecule has 1 aliphatic heterocycles. The van der Waals surface area contributed by atoms with Gasteiger partial charge in [0.1, 0.15) is 17.9 Å². The number of hydrogen-bond donors (Lipinski definition) is 1. The fourth-order valence-electron chi connectivity index (χ4n) is 5.22. The Bertz CT molecular complexity index is 1430. The van der Waals surface area contributed by atoms with Gasteiger partial charge in [0, 0.05) is 54.0 Å². The molecule has 12 heteroatoms. The maximum absolute atomic E-state index is 14.5. The fraction of sp³-hybridized carbons (Fsp3) is 0.321. The number of amides is 3. The van der Waals surface area contributed by atoms with Gasteiger partial charge in [-0.25, -0.2) is 23.1 Å². The maximum atomic E-state index is 14.5. The number of anilines is 2. The first-order valence-electron chi connectivity index (χ1n) is 12.7. The van der Waals surface area contributed by atoms with Crippen molar-refractivity contribution in [3.63, 3.8) is 0 Å². The number of nitrogens with zero attached hydrogens (tertiary/aromatic N) is 4. The molecular formula is C28H25ClF3N5O3. The Hall–Kier alpha value is -3.99. The summed E-state index contributed by atoms with van der Waals surface area (Å²) in [5.74, 6) is -5.45. The molecule has 1 aliphatic carbocycles. The third-order valence-corrected chi connectivity index (χ3v) is 7.39. The summed E-state index contributed by atoms with van der Waals surface area (Å²) in [6.07, 6.45) is 2.10. The topological polar surface area (TPSA) is 95.5 Å². The zero-order valence-electron chi connectivity index (χ0n) is 21.1. The number of hydrogen-bond acceptors (Lipinski definition) is 5. The second-order valence-electron chi connectivity index (χ2n) is 9.78. The molecule has 2 aliphatic rings. The molecule has 1 saturated heterocycles. The molecule has 0 spiro atoms. The SMILES string of the molecule is O=C(N[C@H]1CCC(F)(F)C1)C(c1ccccc1Cl)N(C(=O)[C@@H]1CCC(=O)N1c1ncccn1)c1cccc(F)c1. The zero-order valence-corrected chi connectivity index (χ0v) is 21.9. The Morgan fingerprint density at radius 1 is 1.07 bits per heavy atom. The van der Waals surface area contributed by atoms with E-state index in [1.54, 1.807) is 18.2 Å². The maximum Gasteiger partial charge on any atom is 0.251 e. The van der Waals surface area contributed by atoms with Crippen LogP contribution < -0.4 is 15.1 Å². The molecule has 208 valence electrons. The lowest BCUT2D eigenvalue weighted by Gasteiger charge is -2.35. The van der Waals surface area contributed by atoms with Crippen molar-refractivity contribution in [1.29, 1.82) is 0 Å². The van der Waals surface area contributed by atoms with Crippen molar-refractivity contribution >= 4 is 41.0 Å². The van der Waals surface area contributed by atoms with Crippen molar-refractivity contribution in [1.82, 2.24) is 15.3 Å². The van der Waals surface area contributed by atoms with Gasteiger partial charge in [0.05, 0.1) is 0 Å². The summed E-state index contributed by atoms with van der Waals surface area (Å²) in [6.45, 7) is 0. The molecule has 0 bridgehead atoms. The van der Waals surface area contributed by atoms with Gasteiger partial charge in [-0.05, 0) is 43.2 Å². The zero-order chi connectivity index (χ0) is 28.4. The molecule has 2 heterocycles. The summed E-state index contributed by atoms with van der Waals surface area (Å²) in [6, 6.07) is 9.54. The van der Waals surface area contributed by atoms with E-state index in [0.29, 0.717) is 0 Å². The van der Waals surface area contributed by atoms with Crippen molar-refractivity contribution in [2.75, 3.05) is 9.80 Å². The van der Waals surface area contributed by atoms with Gasteiger partial charge in [0.15, 0.2) is 0 Å². The lowest BCUT2D eigenvalue weighted by molar-refractivity contribution is -0.127. The Labute approximate surface area is 233 Å². The molecule has 0 radical (unpaired) electrons. The van der Waals surface area contributed by atoms with Crippen LogP contribution in [0.15, 0.2) is 67.0 Å². The predicted molar refractivity (Wildman–Crippen MR) is 141 cm³/mol. The van der Waals surface area contributed by atoms with Crippen LogP contribution in [0.1, 0.15) is 43.7 Å². The highest BCUT2D eigenvalue weighted by molar-refractivity contribution is 6.31. The molecule has 5 rings (SSSR count). The second kappa shape index (κ2) is 11.2. The van der Waals surface area contributed by atoms with Gasteiger partial charge in [-0.2, -0.15) is 0 Å². The molecule has 2 aromatic carbocycles. The molecule has 3 aromatic rings. The van der Waals surface area contributed by atoms with Gasteiger partial charge < -0.3 is 5.32 Å². The summed E-state index contributed by atoms with van der Waals surface area (Å²) >= 11 is 6.50. The van der Waals surface area contributed by atoms with Gasteiger partial charge in [-0.15, -0.1) is 0 Å². The first-order chi connectivity index (χ1) is 19.1. The number of benzene rings is 2. The van der Waals surface area contributed by atoms with Crippen molar-refractivity contribution < 1.29 is 27.6 Å². The van der Waals surface area contributed by atoms with Gasteiger partial charge in [-0.1, -0.05) is 35.9 Å². The van der Waals surface area contributed by atoms with Gasteiger partial charge >= 0.3 is 0 Å². The van der Waals surface area contributed by atoms with Gasteiger partial charge in [-0.3, -0.25) is 24.2 Å². The number of nitrogens with one attached hydrogen (secondary N) is 1. The van der Waals surface area contributed by atoms with Crippen molar-refractivity contribution in [3.8, 4) is 0 Å². The van der Waals surface area contributed by atoms with Gasteiger partial charge in [0.25, 0.3) is 5.91 Å². The van der Waals surface area contributed by atoms with Crippen LogP contribution in [0.3, 0.4) is 0 Å². The summed E-state index contributed by atoms with van der Waals surface area (Å²) in [4.78, 5) is 51.6. The molecule has 1 unspecified atom stereocenters. The first kappa shape index (κ1) is 27.6. The Kier molecular flexibility index (Phi) is 7.75. The van der Waals surface area contributed by atoms with Crippen LogP contribution >= 0.6 is 11.6 Å². The Morgan fingerprint density at radius 2 is 1.82 bits per heavy atom. The summed E-state index contributed by atoms with van der Waals surface area (Å²) in [5, 5.41) is 2.79. The predicted octanol–water partition coefficient (Wildman–Crippen LogP) is 4.84. The first-order valence-corrected chi connectivity index (χ1v) is 13.1. The Balaban J connectivity index is 1.60. The smallest absolute Gasteiger partial charge is 0.251 e. The monoisotopic (exact) mass is 571 g/mol. The van der Waals surface area contributed by atoms with E-state index in [2.05, 4.69) is 15.3 Å². The van der Waals surface area contributed by atoms with E-state index in [1.807, 2.05) is 0 Å². The number of halogens is 4. The van der Waals surface area contributed by atoms with Crippen LogP contribution in [0.2, 0.25) is 5.02 Å². The molecule has 40 heavy (non-hydrogen) atoms. The highest BCUT2D eigenvalue weighted by atomic mass is 35.5. The van der Waals surface area contributed by atoms with Crippen LogP contribution in [0, 0.1) is 5.82 Å². The Morgan fingerprint density at radius 3 is 2.50 bits per heavy atom. The van der Waals surface area contributed by atoms with Crippen LogP contribution in [0.4, 0.5) is 24.8 Å². The van der Waals surface area contributed by atoms with Crippen LogP contribution in [-0.4, -0.2) is 45.7 Å². The van der Waals surface area contributed by atoms with Crippen LogP contribution in [0.5, 0.6) is 0 Å². The van der Waals surface area contributed by atoms with Crippen molar-refractivity contribution in [2.24, 2.45) is 0 Å². The van der Waals surface area contributed by atoms with E-state index in [-0.39, 0.29) is 47.9 Å². The van der Waals surface area contributed by atoms with Gasteiger partial charge in [0.2, 0.25) is 23.7 Å². The number of alkyl halides is 2. The van der Waals surface area contributed by atoms with E-state index in [0.717, 1.165) is 15.9 Å². The number of rotatable bonds is 7. The molecule has 1 aromatic heterocycles. The largest absolute Gasteiger partial charge is 0.351 e. The molecule has 1 saturated carbocycles. The summed E-state index contributed by atoms with van der Waals surface area (Å²) in [5.41, 5.74) is 0.228. The molecular weight excluding hydrogens is 547 g/mol. The van der Waals surface area contributed by atoms with E-state index in [1.165, 1.54) is 42.7 Å². The van der Waals surface area contributed by atoms with E-state index in [4.69, 9.17) is 11.6 Å². The molecule has 3 amide bonds.